The molecule has 0 amide bonds. The van der Waals surface area contributed by atoms with Crippen LogP contribution >= 0.6 is 0 Å². The lowest BCUT2D eigenvalue weighted by atomic mass is 9.83. The number of piperidine rings is 1. The van der Waals surface area contributed by atoms with Crippen molar-refractivity contribution in [2.75, 3.05) is 57.3 Å². The maximum Gasteiger partial charge on any atom is 0.250 e. The maximum absolute atomic E-state index is 12.2. The van der Waals surface area contributed by atoms with Gasteiger partial charge in [0.2, 0.25) is 5.95 Å². The van der Waals surface area contributed by atoms with E-state index in [0.717, 1.165) is 64.9 Å². The number of aromatic nitrogens is 3. The first-order valence-corrected chi connectivity index (χ1v) is 10.9. The lowest BCUT2D eigenvalue weighted by Gasteiger charge is -2.43. The molecule has 2 atom stereocenters. The average molecular weight is 395 g/mol. The minimum absolute atomic E-state index is 0.172. The first kappa shape index (κ1) is 18.8. The lowest BCUT2D eigenvalue weighted by Crippen LogP contribution is -2.49. The Labute approximate surface area is 172 Å². The molecule has 7 nitrogen and oxygen atoms in total. The number of hydrogen-bond acceptors (Lipinski definition) is 6. The third-order valence-corrected chi connectivity index (χ3v) is 6.71. The summed E-state index contributed by atoms with van der Waals surface area (Å²) in [4.78, 5) is 28.4. The molecule has 0 aromatic carbocycles. The average Bonchev–Trinajstić information content (AvgIpc) is 2.76. The highest BCUT2D eigenvalue weighted by Crippen LogP contribution is 2.34. The van der Waals surface area contributed by atoms with Gasteiger partial charge < -0.3 is 14.4 Å². The summed E-state index contributed by atoms with van der Waals surface area (Å²) in [5.41, 5.74) is 1.42. The predicted octanol–water partition coefficient (Wildman–Crippen LogP) is 1.27. The number of rotatable bonds is 5. The molecule has 2 bridgehead atoms. The van der Waals surface area contributed by atoms with Crippen molar-refractivity contribution in [2.24, 2.45) is 5.92 Å². The van der Waals surface area contributed by atoms with Crippen LogP contribution in [0.5, 0.6) is 0 Å². The zero-order chi connectivity index (χ0) is 19.6. The van der Waals surface area contributed by atoms with Crippen LogP contribution in [0, 0.1) is 5.92 Å². The third-order valence-electron chi connectivity index (χ3n) is 6.71. The molecule has 3 aliphatic heterocycles. The molecule has 0 spiro atoms. The molecule has 0 N–H and O–H groups in total. The van der Waals surface area contributed by atoms with Crippen LogP contribution in [-0.4, -0.2) is 76.7 Å². The zero-order valence-corrected chi connectivity index (χ0v) is 17.0. The zero-order valence-electron chi connectivity index (χ0n) is 17.0. The van der Waals surface area contributed by atoms with Crippen LogP contribution in [0.15, 0.2) is 41.5 Å². The van der Waals surface area contributed by atoms with Gasteiger partial charge in [0.1, 0.15) is 0 Å². The van der Waals surface area contributed by atoms with Crippen molar-refractivity contribution in [1.29, 1.82) is 0 Å². The predicted molar refractivity (Wildman–Crippen MR) is 113 cm³/mol. The van der Waals surface area contributed by atoms with Gasteiger partial charge in [-0.15, -0.1) is 0 Å². The minimum Gasteiger partial charge on any atom is -0.338 e. The van der Waals surface area contributed by atoms with Crippen molar-refractivity contribution < 1.29 is 0 Å². The number of piperazine rings is 1. The van der Waals surface area contributed by atoms with Crippen molar-refractivity contribution >= 4 is 5.95 Å². The fourth-order valence-electron chi connectivity index (χ4n) is 5.32. The van der Waals surface area contributed by atoms with Gasteiger partial charge in [-0.05, 0) is 44.0 Å². The van der Waals surface area contributed by atoms with E-state index >= 15 is 0 Å². The maximum atomic E-state index is 12.2. The second-order valence-corrected chi connectivity index (χ2v) is 8.69. The summed E-state index contributed by atoms with van der Waals surface area (Å²) in [6.07, 6.45) is 6.08. The number of hydrogen-bond donors (Lipinski definition) is 0. The van der Waals surface area contributed by atoms with Crippen molar-refractivity contribution in [3.05, 3.63) is 52.7 Å². The first-order chi connectivity index (χ1) is 14.3. The van der Waals surface area contributed by atoms with E-state index in [0.29, 0.717) is 11.8 Å². The van der Waals surface area contributed by atoms with E-state index in [9.17, 15) is 4.79 Å². The van der Waals surface area contributed by atoms with Gasteiger partial charge in [-0.1, -0.05) is 6.07 Å². The Morgan fingerprint density at radius 3 is 2.52 bits per heavy atom. The van der Waals surface area contributed by atoms with E-state index in [1.54, 1.807) is 6.07 Å². The summed E-state index contributed by atoms with van der Waals surface area (Å²) in [6.45, 7) is 9.62. The van der Waals surface area contributed by atoms with E-state index in [4.69, 9.17) is 0 Å². The molecule has 5 heterocycles. The van der Waals surface area contributed by atoms with Crippen LogP contribution in [0.4, 0.5) is 5.95 Å². The van der Waals surface area contributed by atoms with Gasteiger partial charge in [0.25, 0.3) is 5.56 Å². The number of likely N-dealkylation sites (tertiary alicyclic amines) is 1. The standard InChI is InChI=1S/C22H30N6O/c29-21-5-1-4-20-19-14-18(16-28(20)21)15-26(17-19)9-3-8-25-10-12-27(13-11-25)22-23-6-2-7-24-22/h1-2,4-7,18-19H,3,8-17H2/t18-,19+/m0/s1. The van der Waals surface area contributed by atoms with Crippen molar-refractivity contribution in [3.8, 4) is 0 Å². The normalized spacial score (nSPS) is 25.0. The van der Waals surface area contributed by atoms with Crippen LogP contribution in [0.2, 0.25) is 0 Å². The third kappa shape index (κ3) is 4.07. The highest BCUT2D eigenvalue weighted by Gasteiger charge is 2.34. The quantitative estimate of drug-likeness (QED) is 0.761. The van der Waals surface area contributed by atoms with Crippen LogP contribution in [0.1, 0.15) is 24.5 Å². The van der Waals surface area contributed by atoms with E-state index in [-0.39, 0.29) is 5.56 Å². The minimum atomic E-state index is 0.172. The molecule has 154 valence electrons. The number of pyridine rings is 1. The van der Waals surface area contributed by atoms with Crippen molar-refractivity contribution in [1.82, 2.24) is 24.3 Å². The number of fused-ring (bicyclic) bond motifs is 4. The largest absolute Gasteiger partial charge is 0.338 e. The Hall–Kier alpha value is -2.25. The molecule has 2 saturated heterocycles. The molecule has 2 fully saturated rings. The summed E-state index contributed by atoms with van der Waals surface area (Å²) in [7, 11) is 0. The summed E-state index contributed by atoms with van der Waals surface area (Å²) >= 11 is 0. The van der Waals surface area contributed by atoms with E-state index in [2.05, 4.69) is 30.7 Å². The van der Waals surface area contributed by atoms with Crippen molar-refractivity contribution in [2.45, 2.75) is 25.3 Å². The van der Waals surface area contributed by atoms with Crippen LogP contribution < -0.4 is 10.5 Å². The molecule has 5 rings (SSSR count). The van der Waals surface area contributed by atoms with E-state index in [1.807, 2.05) is 29.1 Å². The fourth-order valence-corrected chi connectivity index (χ4v) is 5.32. The van der Waals surface area contributed by atoms with Gasteiger partial charge in [0, 0.05) is 75.9 Å². The summed E-state index contributed by atoms with van der Waals surface area (Å²) in [5.74, 6) is 1.99. The Morgan fingerprint density at radius 1 is 0.897 bits per heavy atom. The molecule has 2 aromatic heterocycles. The van der Waals surface area contributed by atoms with E-state index in [1.165, 1.54) is 18.5 Å². The lowest BCUT2D eigenvalue weighted by molar-refractivity contribution is 0.114. The highest BCUT2D eigenvalue weighted by atomic mass is 16.1. The molecule has 29 heavy (non-hydrogen) atoms. The highest BCUT2D eigenvalue weighted by molar-refractivity contribution is 5.29. The Balaban J connectivity index is 1.09. The van der Waals surface area contributed by atoms with Gasteiger partial charge in [-0.2, -0.15) is 0 Å². The van der Waals surface area contributed by atoms with Gasteiger partial charge >= 0.3 is 0 Å². The molecule has 0 aliphatic carbocycles. The summed E-state index contributed by atoms with van der Waals surface area (Å²) < 4.78 is 2.02. The van der Waals surface area contributed by atoms with Crippen molar-refractivity contribution in [3.63, 3.8) is 0 Å². The molecule has 0 radical (unpaired) electrons. The second kappa shape index (κ2) is 8.24. The summed E-state index contributed by atoms with van der Waals surface area (Å²) in [5, 5.41) is 0. The monoisotopic (exact) mass is 394 g/mol. The van der Waals surface area contributed by atoms with Gasteiger partial charge in [0.05, 0.1) is 0 Å². The Morgan fingerprint density at radius 2 is 1.69 bits per heavy atom. The molecular formula is C22H30N6O. The second-order valence-electron chi connectivity index (χ2n) is 8.69. The molecule has 2 aromatic rings. The SMILES string of the molecule is O=c1cccc2n1C[C@H]1C[C@@H]2CN(CCCN2CCN(c3ncccn3)CC2)C1. The number of anilines is 1. The molecule has 0 saturated carbocycles. The molecular weight excluding hydrogens is 364 g/mol. The van der Waals surface area contributed by atoms with Crippen LogP contribution in [-0.2, 0) is 6.54 Å². The van der Waals surface area contributed by atoms with Crippen LogP contribution in [0.25, 0.3) is 0 Å². The smallest absolute Gasteiger partial charge is 0.250 e. The first-order valence-electron chi connectivity index (χ1n) is 10.9. The van der Waals surface area contributed by atoms with Gasteiger partial charge in [-0.3, -0.25) is 9.69 Å². The van der Waals surface area contributed by atoms with Gasteiger partial charge in [-0.25, -0.2) is 9.97 Å². The summed E-state index contributed by atoms with van der Waals surface area (Å²) in [6, 6.07) is 7.65. The topological polar surface area (TPSA) is 57.5 Å². The fraction of sp³-hybridized carbons (Fsp3) is 0.591. The molecule has 7 heteroatoms. The Bertz CT molecular complexity index is 876. The van der Waals surface area contributed by atoms with Crippen LogP contribution in [0.3, 0.4) is 0 Å². The van der Waals surface area contributed by atoms with E-state index < -0.39 is 0 Å². The molecule has 0 unspecified atom stereocenters. The Kier molecular flexibility index (Phi) is 5.33. The molecule has 3 aliphatic rings. The number of nitrogens with zero attached hydrogens (tertiary/aromatic N) is 6. The van der Waals surface area contributed by atoms with Gasteiger partial charge in [0.15, 0.2) is 0 Å².